The normalized spacial score (nSPS) is 22.7. The SMILES string of the molecule is CCOC(=O)[C@@H]1C(=O)NC(N2CCN(C=O)CC2)=N[C@@H]1c1cccc(Cl)c1. The standard InChI is InChI=1S/C18H21ClN4O4/c1-2-27-17(26)14-15(12-4-3-5-13(19)10-12)20-18(21-16(14)25)23-8-6-22(11-24)7-9-23/h3-5,10-11,14-15H,2,6-9H2,1H3,(H,20,21,25)/t14-,15+/m0/s1. The van der Waals surface area contributed by atoms with Crippen molar-refractivity contribution >= 4 is 35.8 Å². The smallest absolute Gasteiger partial charge is 0.321 e. The number of nitrogens with one attached hydrogen (secondary N) is 1. The van der Waals surface area contributed by atoms with Gasteiger partial charge in [-0.2, -0.15) is 0 Å². The Labute approximate surface area is 162 Å². The van der Waals surface area contributed by atoms with Crippen molar-refractivity contribution < 1.29 is 19.1 Å². The molecule has 0 aromatic heterocycles. The van der Waals surface area contributed by atoms with Gasteiger partial charge in [-0.15, -0.1) is 0 Å². The Kier molecular flexibility index (Phi) is 5.95. The molecule has 1 fully saturated rings. The van der Waals surface area contributed by atoms with Gasteiger partial charge in [-0.25, -0.2) is 4.99 Å². The van der Waals surface area contributed by atoms with Gasteiger partial charge in [0.15, 0.2) is 5.92 Å². The second-order valence-electron chi connectivity index (χ2n) is 6.30. The third-order valence-corrected chi connectivity index (χ3v) is 4.82. The second kappa shape index (κ2) is 8.39. The molecule has 2 aliphatic heterocycles. The minimum absolute atomic E-state index is 0.176. The summed E-state index contributed by atoms with van der Waals surface area (Å²) in [4.78, 5) is 44.2. The van der Waals surface area contributed by atoms with Gasteiger partial charge in [0.2, 0.25) is 18.3 Å². The number of piperazine rings is 1. The largest absolute Gasteiger partial charge is 0.465 e. The first kappa shape index (κ1) is 19.2. The number of nitrogens with zero attached hydrogens (tertiary/aromatic N) is 3. The summed E-state index contributed by atoms with van der Waals surface area (Å²) in [7, 11) is 0. The molecule has 1 saturated heterocycles. The van der Waals surface area contributed by atoms with Crippen molar-refractivity contribution in [2.24, 2.45) is 10.9 Å². The fraction of sp³-hybridized carbons (Fsp3) is 0.444. The summed E-state index contributed by atoms with van der Waals surface area (Å²) < 4.78 is 5.08. The van der Waals surface area contributed by atoms with Crippen molar-refractivity contribution in [3.63, 3.8) is 0 Å². The highest BCUT2D eigenvalue weighted by atomic mass is 35.5. The van der Waals surface area contributed by atoms with E-state index >= 15 is 0 Å². The number of aliphatic imine (C=N–C) groups is 1. The van der Waals surface area contributed by atoms with E-state index in [0.717, 1.165) is 6.41 Å². The van der Waals surface area contributed by atoms with Crippen molar-refractivity contribution in [3.05, 3.63) is 34.9 Å². The average Bonchev–Trinajstić information content (AvgIpc) is 2.67. The quantitative estimate of drug-likeness (QED) is 0.465. The molecule has 0 spiro atoms. The molecule has 0 radical (unpaired) electrons. The molecule has 2 amide bonds. The Hall–Kier alpha value is -2.61. The first-order chi connectivity index (χ1) is 13.0. The van der Waals surface area contributed by atoms with Gasteiger partial charge in [0.05, 0.1) is 6.61 Å². The molecule has 27 heavy (non-hydrogen) atoms. The summed E-state index contributed by atoms with van der Waals surface area (Å²) in [5.74, 6) is -1.76. The number of guanidine groups is 1. The average molecular weight is 393 g/mol. The maximum absolute atomic E-state index is 12.7. The molecule has 1 aromatic carbocycles. The lowest BCUT2D eigenvalue weighted by atomic mass is 9.91. The lowest BCUT2D eigenvalue weighted by molar-refractivity contribution is -0.153. The number of carbonyl (C=O) groups is 3. The van der Waals surface area contributed by atoms with Crippen molar-refractivity contribution in [1.29, 1.82) is 0 Å². The highest BCUT2D eigenvalue weighted by Crippen LogP contribution is 2.32. The van der Waals surface area contributed by atoms with Gasteiger partial charge in [-0.1, -0.05) is 23.7 Å². The van der Waals surface area contributed by atoms with Crippen LogP contribution in [0.3, 0.4) is 0 Å². The molecule has 0 unspecified atom stereocenters. The number of hydrogen-bond donors (Lipinski definition) is 1. The minimum atomic E-state index is -1.08. The van der Waals surface area contributed by atoms with Crippen LogP contribution in [-0.2, 0) is 19.1 Å². The zero-order chi connectivity index (χ0) is 19.4. The monoisotopic (exact) mass is 392 g/mol. The number of halogens is 1. The Morgan fingerprint density at radius 1 is 1.37 bits per heavy atom. The van der Waals surface area contributed by atoms with Gasteiger partial charge < -0.3 is 14.5 Å². The first-order valence-corrected chi connectivity index (χ1v) is 9.16. The van der Waals surface area contributed by atoms with Crippen LogP contribution in [-0.4, -0.2) is 66.8 Å². The Bertz CT molecular complexity index is 761. The van der Waals surface area contributed by atoms with Crippen LogP contribution in [0.5, 0.6) is 0 Å². The van der Waals surface area contributed by atoms with Gasteiger partial charge in [0.1, 0.15) is 6.04 Å². The number of benzene rings is 1. The van der Waals surface area contributed by atoms with Gasteiger partial charge >= 0.3 is 5.97 Å². The zero-order valence-electron chi connectivity index (χ0n) is 14.9. The third-order valence-electron chi connectivity index (χ3n) is 4.59. The Morgan fingerprint density at radius 2 is 2.11 bits per heavy atom. The molecule has 0 saturated carbocycles. The fourth-order valence-electron chi connectivity index (χ4n) is 3.20. The molecule has 1 aromatic rings. The van der Waals surface area contributed by atoms with Crippen LogP contribution in [0.1, 0.15) is 18.5 Å². The van der Waals surface area contributed by atoms with Gasteiger partial charge in [-0.3, -0.25) is 19.7 Å². The molecule has 8 nitrogen and oxygen atoms in total. The molecule has 2 aliphatic rings. The fourth-order valence-corrected chi connectivity index (χ4v) is 3.39. The van der Waals surface area contributed by atoms with E-state index in [2.05, 4.69) is 10.3 Å². The van der Waals surface area contributed by atoms with Crippen LogP contribution in [0.15, 0.2) is 29.3 Å². The maximum Gasteiger partial charge on any atom is 0.321 e. The molecular formula is C18H21ClN4O4. The Morgan fingerprint density at radius 3 is 2.74 bits per heavy atom. The van der Waals surface area contributed by atoms with Crippen LogP contribution in [0, 0.1) is 5.92 Å². The highest BCUT2D eigenvalue weighted by Gasteiger charge is 2.42. The maximum atomic E-state index is 12.7. The van der Waals surface area contributed by atoms with Crippen molar-refractivity contribution in [1.82, 2.24) is 15.1 Å². The summed E-state index contributed by atoms with van der Waals surface area (Å²) in [5.41, 5.74) is 0.666. The van der Waals surface area contributed by atoms with E-state index in [0.29, 0.717) is 42.7 Å². The number of esters is 1. The summed E-state index contributed by atoms with van der Waals surface area (Å²) in [6.45, 7) is 4.04. The lowest BCUT2D eigenvalue weighted by Crippen LogP contribution is -2.57. The zero-order valence-corrected chi connectivity index (χ0v) is 15.7. The van der Waals surface area contributed by atoms with Gasteiger partial charge in [0, 0.05) is 31.2 Å². The van der Waals surface area contributed by atoms with E-state index in [1.165, 1.54) is 0 Å². The molecule has 144 valence electrons. The molecule has 0 bridgehead atoms. The first-order valence-electron chi connectivity index (χ1n) is 8.78. The van der Waals surface area contributed by atoms with Crippen LogP contribution in [0.2, 0.25) is 5.02 Å². The Balaban J connectivity index is 1.92. The predicted octanol–water partition coefficient (Wildman–Crippen LogP) is 0.820. The highest BCUT2D eigenvalue weighted by molar-refractivity contribution is 6.30. The van der Waals surface area contributed by atoms with Crippen molar-refractivity contribution in [2.75, 3.05) is 32.8 Å². The number of carbonyl (C=O) groups excluding carboxylic acids is 3. The second-order valence-corrected chi connectivity index (χ2v) is 6.74. The van der Waals surface area contributed by atoms with Crippen LogP contribution < -0.4 is 5.32 Å². The van der Waals surface area contributed by atoms with E-state index in [9.17, 15) is 14.4 Å². The number of rotatable bonds is 4. The molecule has 9 heteroatoms. The van der Waals surface area contributed by atoms with Crippen LogP contribution in [0.4, 0.5) is 0 Å². The topological polar surface area (TPSA) is 91.3 Å². The molecular weight excluding hydrogens is 372 g/mol. The van der Waals surface area contributed by atoms with E-state index in [-0.39, 0.29) is 6.61 Å². The molecule has 1 N–H and O–H groups in total. The summed E-state index contributed by atoms with van der Waals surface area (Å²) in [6.07, 6.45) is 0.810. The lowest BCUT2D eigenvalue weighted by Gasteiger charge is -2.37. The molecule has 0 aliphatic carbocycles. The number of ether oxygens (including phenoxy) is 1. The summed E-state index contributed by atoms with van der Waals surface area (Å²) >= 11 is 6.09. The summed E-state index contributed by atoms with van der Waals surface area (Å²) in [6, 6.07) is 6.23. The predicted molar refractivity (Wildman–Crippen MR) is 99.1 cm³/mol. The van der Waals surface area contributed by atoms with E-state index < -0.39 is 23.8 Å². The molecule has 2 atom stereocenters. The van der Waals surface area contributed by atoms with E-state index in [4.69, 9.17) is 16.3 Å². The molecule has 2 heterocycles. The third kappa shape index (κ3) is 4.21. The van der Waals surface area contributed by atoms with Crippen LogP contribution >= 0.6 is 11.6 Å². The van der Waals surface area contributed by atoms with Crippen LogP contribution in [0.25, 0.3) is 0 Å². The molecule has 3 rings (SSSR count). The van der Waals surface area contributed by atoms with E-state index in [1.54, 1.807) is 36.1 Å². The minimum Gasteiger partial charge on any atom is -0.465 e. The van der Waals surface area contributed by atoms with Gasteiger partial charge in [0.25, 0.3) is 0 Å². The van der Waals surface area contributed by atoms with Crippen molar-refractivity contribution in [3.8, 4) is 0 Å². The van der Waals surface area contributed by atoms with E-state index in [1.807, 2.05) is 4.90 Å². The van der Waals surface area contributed by atoms with Gasteiger partial charge in [-0.05, 0) is 24.6 Å². The number of amides is 2. The summed E-state index contributed by atoms with van der Waals surface area (Å²) in [5, 5.41) is 3.22. The van der Waals surface area contributed by atoms with Crippen molar-refractivity contribution in [2.45, 2.75) is 13.0 Å². The number of hydrogen-bond acceptors (Lipinski definition) is 6.